The lowest BCUT2D eigenvalue weighted by molar-refractivity contribution is 0.398. The van der Waals surface area contributed by atoms with Crippen LogP contribution in [0.1, 0.15) is 59.6 Å². The lowest BCUT2D eigenvalue weighted by atomic mass is 9.80. The Morgan fingerprint density at radius 2 is 1.53 bits per heavy atom. The molecule has 0 saturated heterocycles. The highest BCUT2D eigenvalue weighted by Crippen LogP contribution is 2.35. The predicted molar refractivity (Wildman–Crippen MR) is 74.4 cm³/mol. The summed E-state index contributed by atoms with van der Waals surface area (Å²) in [6.07, 6.45) is 0. The maximum atomic E-state index is 5.61. The summed E-state index contributed by atoms with van der Waals surface area (Å²) in [5.41, 5.74) is 2.89. The van der Waals surface area contributed by atoms with Gasteiger partial charge >= 0.3 is 0 Å². The molecular formula is C16H25O. The van der Waals surface area contributed by atoms with E-state index in [9.17, 15) is 0 Å². The van der Waals surface area contributed by atoms with Crippen molar-refractivity contribution in [2.75, 3.05) is 0 Å². The van der Waals surface area contributed by atoms with E-state index in [0.717, 1.165) is 5.75 Å². The molecule has 1 aromatic carbocycles. The van der Waals surface area contributed by atoms with Gasteiger partial charge in [0.15, 0.2) is 0 Å². The van der Waals surface area contributed by atoms with Gasteiger partial charge in [0, 0.05) is 0 Å². The van der Waals surface area contributed by atoms with Crippen molar-refractivity contribution in [1.82, 2.24) is 0 Å². The van der Waals surface area contributed by atoms with Crippen molar-refractivity contribution in [1.29, 1.82) is 0 Å². The highest BCUT2D eigenvalue weighted by molar-refractivity contribution is 5.43. The first-order chi connectivity index (χ1) is 7.66. The van der Waals surface area contributed by atoms with E-state index in [-0.39, 0.29) is 10.8 Å². The molecule has 0 heterocycles. The van der Waals surface area contributed by atoms with Crippen molar-refractivity contribution in [3.05, 3.63) is 35.9 Å². The topological polar surface area (TPSA) is 9.23 Å². The molecule has 0 bridgehead atoms. The first-order valence-corrected chi connectivity index (χ1v) is 6.26. The van der Waals surface area contributed by atoms with Gasteiger partial charge in [-0.2, -0.15) is 0 Å². The van der Waals surface area contributed by atoms with Gasteiger partial charge in [-0.05, 0) is 34.9 Å². The van der Waals surface area contributed by atoms with E-state index >= 15 is 0 Å². The molecule has 0 saturated carbocycles. The minimum Gasteiger partial charge on any atom is -0.487 e. The first-order valence-electron chi connectivity index (χ1n) is 6.26. The highest BCUT2D eigenvalue weighted by atomic mass is 16.5. The molecule has 1 aromatic rings. The van der Waals surface area contributed by atoms with E-state index < -0.39 is 0 Å². The van der Waals surface area contributed by atoms with Crippen LogP contribution in [0.2, 0.25) is 0 Å². The molecule has 1 rings (SSSR count). The Hall–Kier alpha value is -0.980. The van der Waals surface area contributed by atoms with Crippen molar-refractivity contribution >= 4 is 0 Å². The second-order valence-electron chi connectivity index (χ2n) is 6.56. The van der Waals surface area contributed by atoms with Crippen LogP contribution in [0.3, 0.4) is 0 Å². The maximum Gasteiger partial charge on any atom is 0.132 e. The molecule has 0 aliphatic rings. The minimum atomic E-state index is 0.0968. The van der Waals surface area contributed by atoms with Crippen LogP contribution in [0.4, 0.5) is 0 Å². The number of ether oxygens (including phenoxy) is 1. The zero-order valence-electron chi connectivity index (χ0n) is 12.2. The number of rotatable bonds is 2. The highest BCUT2D eigenvalue weighted by Gasteiger charge is 2.22. The van der Waals surface area contributed by atoms with Crippen molar-refractivity contribution in [2.24, 2.45) is 0 Å². The molecule has 0 aromatic heterocycles. The molecular weight excluding hydrogens is 208 g/mol. The minimum absolute atomic E-state index is 0.0968. The standard InChI is InChI=1S/C16H25O/c1-8-17-14-10-9-12(15(2,3)4)11-13(14)16(5,6)7/h8-11H,1-7H3. The third kappa shape index (κ3) is 3.49. The Morgan fingerprint density at radius 1 is 0.941 bits per heavy atom. The SMILES string of the molecule is C[CH]Oc1ccc(C(C)(C)C)cc1C(C)(C)C. The van der Waals surface area contributed by atoms with Crippen LogP contribution in [0, 0.1) is 6.61 Å². The molecule has 0 amide bonds. The van der Waals surface area contributed by atoms with Crippen LogP contribution < -0.4 is 4.74 Å². The van der Waals surface area contributed by atoms with Gasteiger partial charge in [-0.3, -0.25) is 0 Å². The Kier molecular flexibility index (Phi) is 3.91. The van der Waals surface area contributed by atoms with Crippen LogP contribution >= 0.6 is 0 Å². The van der Waals surface area contributed by atoms with Gasteiger partial charge in [0.1, 0.15) is 12.4 Å². The van der Waals surface area contributed by atoms with E-state index in [1.54, 1.807) is 6.61 Å². The summed E-state index contributed by atoms with van der Waals surface area (Å²) < 4.78 is 5.61. The average Bonchev–Trinajstić information content (AvgIpc) is 2.15. The van der Waals surface area contributed by atoms with Gasteiger partial charge in [-0.15, -0.1) is 0 Å². The summed E-state index contributed by atoms with van der Waals surface area (Å²) in [6, 6.07) is 6.52. The van der Waals surface area contributed by atoms with Crippen molar-refractivity contribution in [3.8, 4) is 5.75 Å². The van der Waals surface area contributed by atoms with Crippen LogP contribution in [0.25, 0.3) is 0 Å². The molecule has 1 radical (unpaired) electrons. The summed E-state index contributed by atoms with van der Waals surface area (Å²) in [7, 11) is 0. The Balaban J connectivity index is 3.30. The third-order valence-electron chi connectivity index (χ3n) is 2.90. The molecule has 0 fully saturated rings. The fourth-order valence-corrected chi connectivity index (χ4v) is 1.81. The molecule has 0 unspecified atom stereocenters. The number of hydrogen-bond acceptors (Lipinski definition) is 1. The van der Waals surface area contributed by atoms with Crippen LogP contribution in [-0.4, -0.2) is 0 Å². The lowest BCUT2D eigenvalue weighted by Crippen LogP contribution is -2.17. The maximum absolute atomic E-state index is 5.61. The Bertz CT molecular complexity index is 377. The monoisotopic (exact) mass is 233 g/mol. The fourth-order valence-electron chi connectivity index (χ4n) is 1.81. The van der Waals surface area contributed by atoms with E-state index in [2.05, 4.69) is 59.7 Å². The van der Waals surface area contributed by atoms with E-state index in [1.165, 1.54) is 11.1 Å². The van der Waals surface area contributed by atoms with Gasteiger partial charge in [0.2, 0.25) is 0 Å². The molecule has 0 aliphatic heterocycles. The molecule has 1 nitrogen and oxygen atoms in total. The quantitative estimate of drug-likeness (QED) is 0.710. The lowest BCUT2D eigenvalue weighted by Gasteiger charge is -2.27. The van der Waals surface area contributed by atoms with Crippen LogP contribution in [-0.2, 0) is 10.8 Å². The molecule has 17 heavy (non-hydrogen) atoms. The Labute approximate surface area is 106 Å². The summed E-state index contributed by atoms with van der Waals surface area (Å²) in [4.78, 5) is 0. The Morgan fingerprint density at radius 3 is 1.94 bits per heavy atom. The van der Waals surface area contributed by atoms with Crippen LogP contribution in [0.5, 0.6) is 5.75 Å². The van der Waals surface area contributed by atoms with Crippen molar-refractivity contribution in [3.63, 3.8) is 0 Å². The molecule has 1 heteroatoms. The molecule has 95 valence electrons. The predicted octanol–water partition coefficient (Wildman–Crippen LogP) is 4.84. The zero-order chi connectivity index (χ0) is 13.3. The van der Waals surface area contributed by atoms with E-state index in [1.807, 2.05) is 6.92 Å². The van der Waals surface area contributed by atoms with E-state index in [4.69, 9.17) is 4.74 Å². The zero-order valence-corrected chi connectivity index (χ0v) is 12.2. The molecule has 0 atom stereocenters. The van der Waals surface area contributed by atoms with Crippen molar-refractivity contribution in [2.45, 2.75) is 59.3 Å². The number of hydrogen-bond donors (Lipinski definition) is 0. The van der Waals surface area contributed by atoms with Gasteiger partial charge in [0.25, 0.3) is 0 Å². The smallest absolute Gasteiger partial charge is 0.132 e. The summed E-state index contributed by atoms with van der Waals surface area (Å²) >= 11 is 0. The molecule has 0 spiro atoms. The molecule has 0 aliphatic carbocycles. The fraction of sp³-hybridized carbons (Fsp3) is 0.562. The third-order valence-corrected chi connectivity index (χ3v) is 2.90. The second-order valence-corrected chi connectivity index (χ2v) is 6.56. The largest absolute Gasteiger partial charge is 0.487 e. The summed E-state index contributed by atoms with van der Waals surface area (Å²) in [6.45, 7) is 17.0. The first kappa shape index (κ1) is 14.1. The molecule has 0 N–H and O–H groups in total. The van der Waals surface area contributed by atoms with Crippen molar-refractivity contribution < 1.29 is 4.74 Å². The van der Waals surface area contributed by atoms with Gasteiger partial charge in [-0.1, -0.05) is 53.7 Å². The van der Waals surface area contributed by atoms with Crippen LogP contribution in [0.15, 0.2) is 18.2 Å². The normalized spacial score (nSPS) is 12.6. The van der Waals surface area contributed by atoms with E-state index in [0.29, 0.717) is 0 Å². The summed E-state index contributed by atoms with van der Waals surface area (Å²) in [5, 5.41) is 0. The van der Waals surface area contributed by atoms with Gasteiger partial charge < -0.3 is 4.74 Å². The average molecular weight is 233 g/mol. The van der Waals surface area contributed by atoms with Gasteiger partial charge in [-0.25, -0.2) is 0 Å². The summed E-state index contributed by atoms with van der Waals surface area (Å²) in [5.74, 6) is 0.966. The van der Waals surface area contributed by atoms with Gasteiger partial charge in [0.05, 0.1) is 0 Å². The second kappa shape index (κ2) is 4.72. The number of benzene rings is 1.